The van der Waals surface area contributed by atoms with Gasteiger partial charge in [0.15, 0.2) is 0 Å². The van der Waals surface area contributed by atoms with Crippen LogP contribution in [0.3, 0.4) is 0 Å². The Kier molecular flexibility index (Phi) is 39.6. The highest BCUT2D eigenvalue weighted by Gasteiger charge is 2.25. The third-order valence-electron chi connectivity index (χ3n) is 11.1. The van der Waals surface area contributed by atoms with Crippen LogP contribution >= 0.6 is 7.82 Å². The number of ether oxygens (including phenoxy) is 2. The summed E-state index contributed by atoms with van der Waals surface area (Å²) >= 11 is 0. The van der Waals surface area contributed by atoms with Gasteiger partial charge in [0.25, 0.3) is 0 Å². The summed E-state index contributed by atoms with van der Waals surface area (Å²) < 4.78 is 36.0. The molecule has 0 radical (unpaired) electrons. The van der Waals surface area contributed by atoms with Crippen molar-refractivity contribution in [3.8, 4) is 0 Å². The molecule has 0 saturated heterocycles. The molecule has 0 fully saturated rings. The average molecular weight is 808 g/mol. The molecule has 0 aromatic heterocycles. The molecule has 0 aliphatic rings. The summed E-state index contributed by atoms with van der Waals surface area (Å²) in [6, 6.07) is 0. The number of phosphoric ester groups is 1. The van der Waals surface area contributed by atoms with Gasteiger partial charge in [-0.2, -0.15) is 0 Å². The monoisotopic (exact) mass is 808 g/mol. The molecule has 0 aliphatic carbocycles. The van der Waals surface area contributed by atoms with Crippen molar-refractivity contribution in [2.45, 2.75) is 215 Å². The molecule has 0 aliphatic heterocycles. The van der Waals surface area contributed by atoms with Crippen molar-refractivity contribution in [1.29, 1.82) is 0 Å². The van der Waals surface area contributed by atoms with E-state index in [0.29, 0.717) is 36.8 Å². The van der Waals surface area contributed by atoms with Crippen LogP contribution in [0.25, 0.3) is 0 Å². The number of hydrogen-bond acceptors (Lipinski definition) is 6. The van der Waals surface area contributed by atoms with E-state index in [9.17, 15) is 9.46 Å². The van der Waals surface area contributed by atoms with Crippen molar-refractivity contribution in [3.63, 3.8) is 0 Å². The van der Waals surface area contributed by atoms with Crippen molar-refractivity contribution in [2.75, 3.05) is 60.7 Å². The Balaban J connectivity index is 0. The molecule has 334 valence electrons. The molecule has 0 heterocycles. The van der Waals surface area contributed by atoms with E-state index in [2.05, 4.69) is 41.5 Å². The highest BCUT2D eigenvalue weighted by molar-refractivity contribution is 7.47. The van der Waals surface area contributed by atoms with Gasteiger partial charge in [0.2, 0.25) is 0 Å². The Morgan fingerprint density at radius 3 is 1.36 bits per heavy atom. The molecule has 5 atom stereocenters. The van der Waals surface area contributed by atoms with E-state index in [1.165, 1.54) is 148 Å². The summed E-state index contributed by atoms with van der Waals surface area (Å²) in [5.74, 6) is 3.12. The summed E-state index contributed by atoms with van der Waals surface area (Å²) in [5.41, 5.74) is 0. The van der Waals surface area contributed by atoms with Gasteiger partial charge in [0, 0.05) is 13.2 Å². The van der Waals surface area contributed by atoms with E-state index in [4.69, 9.17) is 18.5 Å². The van der Waals surface area contributed by atoms with Gasteiger partial charge in [-0.15, -0.1) is 0 Å². The minimum absolute atomic E-state index is 0. The molecule has 0 bridgehead atoms. The summed E-state index contributed by atoms with van der Waals surface area (Å²) in [7, 11) is 1.91. The molecule has 0 spiro atoms. The average Bonchev–Trinajstić information content (AvgIpc) is 3.09. The van der Waals surface area contributed by atoms with Crippen molar-refractivity contribution < 1.29 is 37.9 Å². The van der Waals surface area contributed by atoms with Crippen LogP contribution in [0.5, 0.6) is 0 Å². The molecule has 2 N–H and O–H groups in total. The maximum absolute atomic E-state index is 12.6. The standard InChI is InChI=1S/C46H96NO6P.H2O/c1-10-11-12-13-14-15-16-17-18-19-20-21-22-23-24-25-37-51-46(41-53-54(48,49)52-39-36-47(7,8)9)40-50-38-35-45(6)34-28-33-44(5)32-27-31-43(4)30-26-29-42(2)3;/h42-46H,10-41H2,1-9H3;1H2. The number of nitrogens with zero attached hydrogens (tertiary/aromatic N) is 1. The highest BCUT2D eigenvalue weighted by atomic mass is 31.2. The zero-order valence-electron chi connectivity index (χ0n) is 38.3. The van der Waals surface area contributed by atoms with Crippen LogP contribution in [-0.2, 0) is 23.1 Å². The maximum Gasteiger partial charge on any atom is 0.472 e. The molecular formula is C46H98NO7P. The van der Waals surface area contributed by atoms with Crippen LogP contribution in [0.2, 0.25) is 0 Å². The third kappa shape index (κ3) is 43.4. The first-order valence-electron chi connectivity index (χ1n) is 23.4. The Bertz CT molecular complexity index is 840. The van der Waals surface area contributed by atoms with Gasteiger partial charge in [-0.25, -0.2) is 4.57 Å². The van der Waals surface area contributed by atoms with Crippen molar-refractivity contribution in [1.82, 2.24) is 0 Å². The van der Waals surface area contributed by atoms with E-state index in [0.717, 1.165) is 37.0 Å². The van der Waals surface area contributed by atoms with Gasteiger partial charge < -0.3 is 24.3 Å². The smallest absolute Gasteiger partial charge is 0.472 e. The van der Waals surface area contributed by atoms with Gasteiger partial charge in [-0.3, -0.25) is 9.05 Å². The lowest BCUT2D eigenvalue weighted by Gasteiger charge is -2.24. The fraction of sp³-hybridized carbons (Fsp3) is 1.00. The fourth-order valence-corrected chi connectivity index (χ4v) is 7.87. The number of unbranched alkanes of at least 4 members (excludes halogenated alkanes) is 15. The Hall–Kier alpha value is -0.0500. The molecule has 0 amide bonds. The molecule has 9 heteroatoms. The van der Waals surface area contributed by atoms with Crippen LogP contribution < -0.4 is 0 Å². The quantitative estimate of drug-likeness (QED) is 0.0372. The molecular weight excluding hydrogens is 709 g/mol. The molecule has 0 aromatic carbocycles. The topological polar surface area (TPSA) is 104 Å². The van der Waals surface area contributed by atoms with E-state index >= 15 is 0 Å². The second kappa shape index (κ2) is 38.2. The van der Waals surface area contributed by atoms with E-state index in [1.807, 2.05) is 21.1 Å². The molecule has 0 saturated carbocycles. The maximum atomic E-state index is 12.6. The minimum atomic E-state index is -4.15. The van der Waals surface area contributed by atoms with Crippen molar-refractivity contribution in [2.24, 2.45) is 23.7 Å². The normalized spacial score (nSPS) is 15.5. The van der Waals surface area contributed by atoms with Crippen LogP contribution in [-0.4, -0.2) is 81.7 Å². The Morgan fingerprint density at radius 1 is 0.509 bits per heavy atom. The number of quaternary nitrogens is 1. The van der Waals surface area contributed by atoms with Gasteiger partial charge >= 0.3 is 7.82 Å². The van der Waals surface area contributed by atoms with Gasteiger partial charge in [-0.1, -0.05) is 196 Å². The van der Waals surface area contributed by atoms with Gasteiger partial charge in [0.1, 0.15) is 19.3 Å². The fourth-order valence-electron chi connectivity index (χ4n) is 7.13. The summed E-state index contributed by atoms with van der Waals surface area (Å²) in [5, 5.41) is 0. The lowest BCUT2D eigenvalue weighted by Crippen LogP contribution is -2.37. The Labute approximate surface area is 343 Å². The first-order chi connectivity index (χ1) is 25.7. The second-order valence-electron chi connectivity index (χ2n) is 18.8. The van der Waals surface area contributed by atoms with Crippen molar-refractivity contribution >= 4 is 7.82 Å². The van der Waals surface area contributed by atoms with E-state index in [1.54, 1.807) is 0 Å². The third-order valence-corrected chi connectivity index (χ3v) is 12.1. The number of rotatable bonds is 42. The number of phosphoric acid groups is 1. The van der Waals surface area contributed by atoms with Gasteiger partial charge in [-0.05, 0) is 36.5 Å². The molecule has 0 aromatic rings. The molecule has 5 unspecified atom stereocenters. The van der Waals surface area contributed by atoms with Crippen LogP contribution in [0.15, 0.2) is 0 Å². The molecule has 55 heavy (non-hydrogen) atoms. The predicted molar refractivity (Wildman–Crippen MR) is 235 cm³/mol. The minimum Gasteiger partial charge on any atom is -0.870 e. The second-order valence-corrected chi connectivity index (χ2v) is 20.2. The van der Waals surface area contributed by atoms with Crippen LogP contribution in [0.4, 0.5) is 0 Å². The summed E-state index contributed by atoms with van der Waals surface area (Å²) in [6.45, 7) is 16.5. The predicted octanol–water partition coefficient (Wildman–Crippen LogP) is 13.8. The SMILES string of the molecule is CCCCCCCCCCCCCCCCCCOC(COCCC(C)CCCC(C)CCCC(C)CCCC(C)C)COP(=O)(O)OCC[N+](C)(C)C.[OH-]. The largest absolute Gasteiger partial charge is 0.870 e. The lowest BCUT2D eigenvalue weighted by molar-refractivity contribution is -0.870. The number of likely N-dealkylation sites (N-methyl/N-ethyl adjacent to an activating group) is 1. The first-order valence-corrected chi connectivity index (χ1v) is 24.8. The lowest BCUT2D eigenvalue weighted by atomic mass is 9.91. The zero-order chi connectivity index (χ0) is 40.3. The summed E-state index contributed by atoms with van der Waals surface area (Å²) in [6.07, 6.45) is 34.1. The molecule has 8 nitrogen and oxygen atoms in total. The van der Waals surface area contributed by atoms with Crippen LogP contribution in [0.1, 0.15) is 208 Å². The van der Waals surface area contributed by atoms with Crippen molar-refractivity contribution in [3.05, 3.63) is 0 Å². The van der Waals surface area contributed by atoms with Crippen LogP contribution in [0, 0.1) is 23.7 Å². The number of hydrogen-bond donors (Lipinski definition) is 1. The zero-order valence-corrected chi connectivity index (χ0v) is 39.2. The van der Waals surface area contributed by atoms with E-state index < -0.39 is 13.9 Å². The first kappa shape index (κ1) is 57.0. The summed E-state index contributed by atoms with van der Waals surface area (Å²) in [4.78, 5) is 10.3. The Morgan fingerprint density at radius 2 is 0.927 bits per heavy atom. The van der Waals surface area contributed by atoms with Gasteiger partial charge in [0.05, 0.1) is 34.4 Å². The molecule has 0 rings (SSSR count). The highest BCUT2D eigenvalue weighted by Crippen LogP contribution is 2.43. The van der Waals surface area contributed by atoms with E-state index in [-0.39, 0.29) is 18.7 Å².